The van der Waals surface area contributed by atoms with Crippen LogP contribution in [0.15, 0.2) is 60.8 Å². The molecule has 126 valence electrons. The summed E-state index contributed by atoms with van der Waals surface area (Å²) in [5.41, 5.74) is 8.74. The largest absolute Gasteiger partial charge is 0.368 e. The van der Waals surface area contributed by atoms with Gasteiger partial charge in [-0.3, -0.25) is 14.6 Å². The Morgan fingerprint density at radius 1 is 1.08 bits per heavy atom. The van der Waals surface area contributed by atoms with E-state index in [0.29, 0.717) is 12.0 Å². The lowest BCUT2D eigenvalue weighted by Crippen LogP contribution is -2.46. The van der Waals surface area contributed by atoms with Crippen molar-refractivity contribution in [1.82, 2.24) is 10.3 Å². The van der Waals surface area contributed by atoms with E-state index in [4.69, 9.17) is 5.73 Å². The zero-order valence-corrected chi connectivity index (χ0v) is 13.9. The molecule has 3 rings (SSSR count). The van der Waals surface area contributed by atoms with E-state index in [2.05, 4.69) is 10.3 Å². The number of benzene rings is 2. The maximum absolute atomic E-state index is 12.7. The summed E-state index contributed by atoms with van der Waals surface area (Å²) in [6, 6.07) is 16.0. The van der Waals surface area contributed by atoms with Gasteiger partial charge in [0.2, 0.25) is 5.91 Å². The molecule has 5 nitrogen and oxygen atoms in total. The first-order valence-electron chi connectivity index (χ1n) is 8.04. The normalized spacial score (nSPS) is 11.9. The molecule has 0 unspecified atom stereocenters. The molecular weight excluding hydrogens is 314 g/mol. The number of fused-ring (bicyclic) bond motifs is 1. The second kappa shape index (κ2) is 7.13. The van der Waals surface area contributed by atoms with Gasteiger partial charge in [0, 0.05) is 18.0 Å². The molecule has 0 spiro atoms. The number of carbonyl (C=O) groups is 2. The predicted molar refractivity (Wildman–Crippen MR) is 97.1 cm³/mol. The molecule has 0 aliphatic carbocycles. The molecule has 0 fully saturated rings. The van der Waals surface area contributed by atoms with Crippen molar-refractivity contribution < 1.29 is 9.59 Å². The number of nitrogens with two attached hydrogens (primary N) is 1. The van der Waals surface area contributed by atoms with Gasteiger partial charge < -0.3 is 11.1 Å². The summed E-state index contributed by atoms with van der Waals surface area (Å²) < 4.78 is 0. The number of rotatable bonds is 5. The van der Waals surface area contributed by atoms with E-state index in [1.807, 2.05) is 55.5 Å². The number of carbonyl (C=O) groups excluding carboxylic acids is 2. The fourth-order valence-electron chi connectivity index (χ4n) is 2.81. The highest BCUT2D eigenvalue weighted by atomic mass is 16.2. The van der Waals surface area contributed by atoms with Crippen LogP contribution < -0.4 is 11.1 Å². The second-order valence-electron chi connectivity index (χ2n) is 5.93. The summed E-state index contributed by atoms with van der Waals surface area (Å²) in [6.07, 6.45) is 1.94. The van der Waals surface area contributed by atoms with Gasteiger partial charge in [-0.2, -0.15) is 0 Å². The maximum Gasteiger partial charge on any atom is 0.252 e. The van der Waals surface area contributed by atoms with Crippen LogP contribution in [0.3, 0.4) is 0 Å². The van der Waals surface area contributed by atoms with Crippen molar-refractivity contribution in [2.24, 2.45) is 5.73 Å². The van der Waals surface area contributed by atoms with Crippen LogP contribution in [0, 0.1) is 6.92 Å². The standard InChI is InChI=1S/C20H19N3O2/c1-13-6-2-3-7-14(13)12-18(19(21)24)23-20(25)16-10-11-22-17-9-5-4-8-15(16)17/h2-11,18H,12H2,1H3,(H2,21,24)(H,23,25)/t18-/m0/s1. The summed E-state index contributed by atoms with van der Waals surface area (Å²) in [4.78, 5) is 28.8. The molecule has 0 aliphatic rings. The molecular formula is C20H19N3O2. The third kappa shape index (κ3) is 3.66. The summed E-state index contributed by atoms with van der Waals surface area (Å²) >= 11 is 0. The van der Waals surface area contributed by atoms with E-state index in [-0.39, 0.29) is 5.91 Å². The van der Waals surface area contributed by atoms with Crippen molar-refractivity contribution in [3.05, 3.63) is 77.5 Å². The third-order valence-corrected chi connectivity index (χ3v) is 4.23. The molecule has 3 N–H and O–H groups in total. The average molecular weight is 333 g/mol. The Labute approximate surface area is 145 Å². The first kappa shape index (κ1) is 16.6. The van der Waals surface area contributed by atoms with Crippen LogP contribution in [-0.4, -0.2) is 22.8 Å². The van der Waals surface area contributed by atoms with Gasteiger partial charge in [-0.1, -0.05) is 42.5 Å². The molecule has 5 heteroatoms. The summed E-state index contributed by atoms with van der Waals surface area (Å²) in [5, 5.41) is 3.50. The van der Waals surface area contributed by atoms with Gasteiger partial charge >= 0.3 is 0 Å². The van der Waals surface area contributed by atoms with Gasteiger partial charge in [0.15, 0.2) is 0 Å². The van der Waals surface area contributed by atoms with Crippen LogP contribution >= 0.6 is 0 Å². The summed E-state index contributed by atoms with van der Waals surface area (Å²) in [6.45, 7) is 1.96. The van der Waals surface area contributed by atoms with Gasteiger partial charge in [0.25, 0.3) is 5.91 Å². The number of hydrogen-bond donors (Lipinski definition) is 2. The minimum Gasteiger partial charge on any atom is -0.368 e. The minimum absolute atomic E-state index is 0.337. The number of aromatic nitrogens is 1. The number of nitrogens with zero attached hydrogens (tertiary/aromatic N) is 1. The average Bonchev–Trinajstić information content (AvgIpc) is 2.62. The summed E-state index contributed by atoms with van der Waals surface area (Å²) in [7, 11) is 0. The van der Waals surface area contributed by atoms with Gasteiger partial charge in [-0.25, -0.2) is 0 Å². The van der Waals surface area contributed by atoms with Crippen molar-refractivity contribution in [3.8, 4) is 0 Å². The minimum atomic E-state index is -0.777. The highest BCUT2D eigenvalue weighted by Gasteiger charge is 2.21. The number of nitrogens with one attached hydrogen (secondary N) is 1. The lowest BCUT2D eigenvalue weighted by molar-refractivity contribution is -0.119. The topological polar surface area (TPSA) is 85.1 Å². The van der Waals surface area contributed by atoms with Crippen molar-refractivity contribution in [3.63, 3.8) is 0 Å². The number of hydrogen-bond acceptors (Lipinski definition) is 3. The fraction of sp³-hybridized carbons (Fsp3) is 0.150. The van der Waals surface area contributed by atoms with Crippen LogP contribution in [0.4, 0.5) is 0 Å². The molecule has 2 aromatic carbocycles. The fourth-order valence-corrected chi connectivity index (χ4v) is 2.81. The van der Waals surface area contributed by atoms with Gasteiger partial charge in [0.1, 0.15) is 6.04 Å². The molecule has 0 saturated heterocycles. The number of pyridine rings is 1. The van der Waals surface area contributed by atoms with E-state index >= 15 is 0 Å². The Morgan fingerprint density at radius 3 is 2.56 bits per heavy atom. The van der Waals surface area contributed by atoms with Crippen LogP contribution in [0.1, 0.15) is 21.5 Å². The predicted octanol–water partition coefficient (Wildman–Crippen LogP) is 2.37. The second-order valence-corrected chi connectivity index (χ2v) is 5.93. The van der Waals surface area contributed by atoms with Crippen LogP contribution in [0.25, 0.3) is 10.9 Å². The Kier molecular flexibility index (Phi) is 4.75. The maximum atomic E-state index is 12.7. The summed E-state index contributed by atoms with van der Waals surface area (Å²) in [5.74, 6) is -0.897. The molecule has 25 heavy (non-hydrogen) atoms. The monoisotopic (exact) mass is 333 g/mol. The van der Waals surface area contributed by atoms with Gasteiger partial charge in [0.05, 0.1) is 11.1 Å². The highest BCUT2D eigenvalue weighted by molar-refractivity contribution is 6.07. The van der Waals surface area contributed by atoms with Crippen LogP contribution in [-0.2, 0) is 11.2 Å². The van der Waals surface area contributed by atoms with E-state index in [0.717, 1.165) is 22.0 Å². The SMILES string of the molecule is Cc1ccccc1C[C@H](NC(=O)c1ccnc2ccccc12)C(N)=O. The zero-order chi connectivity index (χ0) is 17.8. The Balaban J connectivity index is 1.86. The quantitative estimate of drug-likeness (QED) is 0.752. The van der Waals surface area contributed by atoms with Crippen LogP contribution in [0.5, 0.6) is 0 Å². The van der Waals surface area contributed by atoms with E-state index < -0.39 is 11.9 Å². The lowest BCUT2D eigenvalue weighted by atomic mass is 10.00. The number of para-hydroxylation sites is 1. The molecule has 0 radical (unpaired) electrons. The van der Waals surface area contributed by atoms with Crippen molar-refractivity contribution in [2.45, 2.75) is 19.4 Å². The van der Waals surface area contributed by atoms with E-state index in [1.54, 1.807) is 12.3 Å². The molecule has 3 aromatic rings. The molecule has 1 atom stereocenters. The van der Waals surface area contributed by atoms with Crippen LogP contribution in [0.2, 0.25) is 0 Å². The smallest absolute Gasteiger partial charge is 0.252 e. The molecule has 2 amide bonds. The lowest BCUT2D eigenvalue weighted by Gasteiger charge is -2.17. The Hall–Kier alpha value is -3.21. The first-order valence-corrected chi connectivity index (χ1v) is 8.04. The Morgan fingerprint density at radius 2 is 1.80 bits per heavy atom. The molecule has 0 bridgehead atoms. The van der Waals surface area contributed by atoms with Gasteiger partial charge in [-0.05, 0) is 30.2 Å². The van der Waals surface area contributed by atoms with E-state index in [1.165, 1.54) is 0 Å². The third-order valence-electron chi connectivity index (χ3n) is 4.23. The van der Waals surface area contributed by atoms with Crippen molar-refractivity contribution >= 4 is 22.7 Å². The van der Waals surface area contributed by atoms with Gasteiger partial charge in [-0.15, -0.1) is 0 Å². The van der Waals surface area contributed by atoms with Crippen molar-refractivity contribution in [1.29, 1.82) is 0 Å². The number of aryl methyl sites for hydroxylation is 1. The number of amides is 2. The first-order chi connectivity index (χ1) is 12.1. The molecule has 0 aliphatic heterocycles. The Bertz CT molecular complexity index is 932. The van der Waals surface area contributed by atoms with E-state index in [9.17, 15) is 9.59 Å². The van der Waals surface area contributed by atoms with Crippen molar-refractivity contribution in [2.75, 3.05) is 0 Å². The molecule has 0 saturated carbocycles. The molecule has 1 heterocycles. The number of primary amides is 1. The molecule has 1 aromatic heterocycles. The highest BCUT2D eigenvalue weighted by Crippen LogP contribution is 2.17. The zero-order valence-electron chi connectivity index (χ0n) is 13.9.